The number of nitrogens with two attached hydrogens (primary N) is 1. The number of aliphatic imine (C=N–C) groups is 1. The molecule has 5 nitrogen and oxygen atoms in total. The Morgan fingerprint density at radius 1 is 1.00 bits per heavy atom. The molecule has 1 amide bonds. The monoisotopic (exact) mass is 506 g/mol. The second-order valence-corrected chi connectivity index (χ2v) is 5.86. The van der Waals surface area contributed by atoms with E-state index in [2.05, 4.69) is 15.6 Å². The van der Waals surface area contributed by atoms with Gasteiger partial charge in [-0.25, -0.2) is 0 Å². The Balaban J connectivity index is 0.00000392. The Morgan fingerprint density at radius 3 is 2.07 bits per heavy atom. The van der Waals surface area contributed by atoms with Gasteiger partial charge < -0.3 is 16.4 Å². The average Bonchev–Trinajstić information content (AvgIpc) is 2.64. The average molecular weight is 506 g/mol. The molecule has 0 heterocycles. The smallest absolute Gasteiger partial charge is 0.366 e. The molecule has 4 N–H and O–H groups in total. The van der Waals surface area contributed by atoms with Gasteiger partial charge in [-0.05, 0) is 41.8 Å². The van der Waals surface area contributed by atoms with Crippen LogP contribution in [0.25, 0.3) is 0 Å². The summed E-state index contributed by atoms with van der Waals surface area (Å²) in [5, 5.41) is 6.23. The first-order valence-electron chi connectivity index (χ1n) is 8.29. The molecule has 0 atom stereocenters. The maximum Gasteiger partial charge on any atom is 0.416 e. The van der Waals surface area contributed by atoms with Crippen molar-refractivity contribution < 1.29 is 18.0 Å². The number of nitrogens with zero attached hydrogens (tertiary/aromatic N) is 1. The van der Waals surface area contributed by atoms with E-state index in [-0.39, 0.29) is 24.0 Å². The molecule has 28 heavy (non-hydrogen) atoms. The van der Waals surface area contributed by atoms with Crippen molar-refractivity contribution in [3.05, 3.63) is 70.8 Å². The third kappa shape index (κ3) is 7.37. The zero-order chi connectivity index (χ0) is 19.9. The van der Waals surface area contributed by atoms with E-state index < -0.39 is 17.6 Å². The fourth-order valence-corrected chi connectivity index (χ4v) is 2.38. The number of hydrogen-bond acceptors (Lipinski definition) is 2. The van der Waals surface area contributed by atoms with Crippen molar-refractivity contribution in [2.75, 3.05) is 13.6 Å². The highest BCUT2D eigenvalue weighted by Crippen LogP contribution is 2.29. The standard InChI is InChI=1S/C19H21F3N4O.HI/c1-24-18(26-12-14-2-6-15(7-3-14)17(23)27)25-11-10-13-4-8-16(9-5-13)19(20,21)22;/h2-9H,10-12H2,1H3,(H2,23,27)(H2,24,25,26);1H. The number of amides is 1. The van der Waals surface area contributed by atoms with E-state index in [0.717, 1.165) is 23.3 Å². The Kier molecular flexibility index (Phi) is 9.23. The van der Waals surface area contributed by atoms with Gasteiger partial charge in [-0.1, -0.05) is 24.3 Å². The Bertz CT molecular complexity index is 790. The van der Waals surface area contributed by atoms with Crippen LogP contribution in [0.2, 0.25) is 0 Å². The lowest BCUT2D eigenvalue weighted by atomic mass is 10.1. The van der Waals surface area contributed by atoms with E-state index in [4.69, 9.17) is 5.73 Å². The number of carbonyl (C=O) groups excluding carboxylic acids is 1. The maximum atomic E-state index is 12.6. The molecule has 0 aliphatic carbocycles. The molecule has 0 aliphatic rings. The number of carbonyl (C=O) groups is 1. The normalized spacial score (nSPS) is 11.5. The third-order valence-corrected chi connectivity index (χ3v) is 3.91. The minimum Gasteiger partial charge on any atom is -0.366 e. The fourth-order valence-electron chi connectivity index (χ4n) is 2.38. The van der Waals surface area contributed by atoms with E-state index in [9.17, 15) is 18.0 Å². The van der Waals surface area contributed by atoms with Gasteiger partial charge in [-0.15, -0.1) is 24.0 Å². The van der Waals surface area contributed by atoms with Crippen LogP contribution in [-0.2, 0) is 19.1 Å². The molecule has 0 aliphatic heterocycles. The molecule has 0 fully saturated rings. The highest BCUT2D eigenvalue weighted by molar-refractivity contribution is 14.0. The Hall–Kier alpha value is -2.30. The number of guanidine groups is 1. The van der Waals surface area contributed by atoms with Gasteiger partial charge in [-0.2, -0.15) is 13.2 Å². The second-order valence-electron chi connectivity index (χ2n) is 5.86. The number of primary amides is 1. The molecule has 0 bridgehead atoms. The van der Waals surface area contributed by atoms with Crippen molar-refractivity contribution in [2.24, 2.45) is 10.7 Å². The lowest BCUT2D eigenvalue weighted by Crippen LogP contribution is -2.37. The molecule has 0 radical (unpaired) electrons. The van der Waals surface area contributed by atoms with Crippen LogP contribution in [0.15, 0.2) is 53.5 Å². The largest absolute Gasteiger partial charge is 0.416 e. The van der Waals surface area contributed by atoms with Crippen LogP contribution in [0.4, 0.5) is 13.2 Å². The van der Waals surface area contributed by atoms with Gasteiger partial charge in [0.2, 0.25) is 5.91 Å². The summed E-state index contributed by atoms with van der Waals surface area (Å²) in [6.45, 7) is 1.02. The number of halogens is 4. The summed E-state index contributed by atoms with van der Waals surface area (Å²) in [6, 6.07) is 12.0. The summed E-state index contributed by atoms with van der Waals surface area (Å²) in [5.41, 5.74) is 6.74. The second kappa shape index (κ2) is 10.9. The first-order chi connectivity index (χ1) is 12.8. The zero-order valence-corrected chi connectivity index (χ0v) is 17.5. The lowest BCUT2D eigenvalue weighted by Gasteiger charge is -2.12. The Labute approximate surface area is 178 Å². The van der Waals surface area contributed by atoms with E-state index in [1.165, 1.54) is 12.1 Å². The van der Waals surface area contributed by atoms with Gasteiger partial charge in [0.1, 0.15) is 0 Å². The van der Waals surface area contributed by atoms with Crippen molar-refractivity contribution in [3.63, 3.8) is 0 Å². The molecular formula is C19H22F3IN4O. The molecule has 0 aromatic heterocycles. The Morgan fingerprint density at radius 2 is 1.57 bits per heavy atom. The van der Waals surface area contributed by atoms with Crippen LogP contribution >= 0.6 is 24.0 Å². The van der Waals surface area contributed by atoms with E-state index >= 15 is 0 Å². The summed E-state index contributed by atoms with van der Waals surface area (Å²) in [7, 11) is 1.63. The lowest BCUT2D eigenvalue weighted by molar-refractivity contribution is -0.137. The molecule has 2 rings (SSSR count). The molecule has 2 aromatic rings. The number of benzene rings is 2. The van der Waals surface area contributed by atoms with Gasteiger partial charge in [0, 0.05) is 25.7 Å². The molecule has 0 saturated carbocycles. The van der Waals surface area contributed by atoms with Crippen molar-refractivity contribution in [3.8, 4) is 0 Å². The SMILES string of the molecule is CN=C(NCCc1ccc(C(F)(F)F)cc1)NCc1ccc(C(N)=O)cc1.I. The number of hydrogen-bond donors (Lipinski definition) is 3. The quantitative estimate of drug-likeness (QED) is 0.320. The summed E-state index contributed by atoms with van der Waals surface area (Å²) in [4.78, 5) is 15.1. The third-order valence-electron chi connectivity index (χ3n) is 3.91. The molecule has 9 heteroatoms. The van der Waals surface area contributed by atoms with E-state index in [1.54, 1.807) is 31.3 Å². The van der Waals surface area contributed by atoms with Gasteiger partial charge >= 0.3 is 6.18 Å². The summed E-state index contributed by atoms with van der Waals surface area (Å²) in [5.74, 6) is 0.0936. The van der Waals surface area contributed by atoms with Gasteiger partial charge in [0.15, 0.2) is 5.96 Å². The van der Waals surface area contributed by atoms with Crippen LogP contribution in [0, 0.1) is 0 Å². The predicted molar refractivity (Wildman–Crippen MR) is 114 cm³/mol. The number of alkyl halides is 3. The summed E-state index contributed by atoms with van der Waals surface area (Å²) in [6.07, 6.45) is -3.76. The van der Waals surface area contributed by atoms with Gasteiger partial charge in [0.05, 0.1) is 5.56 Å². The highest BCUT2D eigenvalue weighted by atomic mass is 127. The summed E-state index contributed by atoms with van der Waals surface area (Å²) < 4.78 is 37.7. The van der Waals surface area contributed by atoms with Crippen LogP contribution in [0.1, 0.15) is 27.0 Å². The fraction of sp³-hybridized carbons (Fsp3) is 0.263. The maximum absolute atomic E-state index is 12.6. The molecule has 152 valence electrons. The molecular weight excluding hydrogens is 484 g/mol. The van der Waals surface area contributed by atoms with Crippen molar-refractivity contribution in [1.82, 2.24) is 10.6 Å². The van der Waals surface area contributed by atoms with E-state index in [0.29, 0.717) is 31.0 Å². The summed E-state index contributed by atoms with van der Waals surface area (Å²) >= 11 is 0. The minimum absolute atomic E-state index is 0. The predicted octanol–water partition coefficient (Wildman–Crippen LogP) is 3.33. The molecule has 0 spiro atoms. The number of rotatable bonds is 6. The molecule has 2 aromatic carbocycles. The zero-order valence-electron chi connectivity index (χ0n) is 15.2. The van der Waals surface area contributed by atoms with Crippen molar-refractivity contribution in [2.45, 2.75) is 19.1 Å². The van der Waals surface area contributed by atoms with Crippen molar-refractivity contribution in [1.29, 1.82) is 0 Å². The molecule has 0 saturated heterocycles. The number of nitrogens with one attached hydrogen (secondary N) is 2. The van der Waals surface area contributed by atoms with Crippen LogP contribution in [0.3, 0.4) is 0 Å². The first-order valence-corrected chi connectivity index (χ1v) is 8.29. The van der Waals surface area contributed by atoms with Crippen LogP contribution in [-0.4, -0.2) is 25.5 Å². The van der Waals surface area contributed by atoms with Crippen LogP contribution in [0.5, 0.6) is 0 Å². The highest BCUT2D eigenvalue weighted by Gasteiger charge is 2.29. The van der Waals surface area contributed by atoms with Gasteiger partial charge in [-0.3, -0.25) is 9.79 Å². The topological polar surface area (TPSA) is 79.5 Å². The minimum atomic E-state index is -4.32. The van der Waals surface area contributed by atoms with E-state index in [1.807, 2.05) is 0 Å². The first kappa shape index (κ1) is 23.7. The molecule has 0 unspecified atom stereocenters. The van der Waals surface area contributed by atoms with Gasteiger partial charge in [0.25, 0.3) is 0 Å². The van der Waals surface area contributed by atoms with Crippen LogP contribution < -0.4 is 16.4 Å². The van der Waals surface area contributed by atoms with Crippen molar-refractivity contribution >= 4 is 35.8 Å².